The Hall–Kier alpha value is -1.37. The summed E-state index contributed by atoms with van der Waals surface area (Å²) in [6, 6.07) is 6.87. The normalized spacial score (nSPS) is 10.3. The predicted molar refractivity (Wildman–Crippen MR) is 69.3 cm³/mol. The zero-order valence-electron chi connectivity index (χ0n) is 8.71. The number of hydrogen-bond acceptors (Lipinski definition) is 5. The van der Waals surface area contributed by atoms with Crippen molar-refractivity contribution in [2.24, 2.45) is 0 Å². The monoisotopic (exact) mass is 301 g/mol. The predicted octanol–water partition coefficient (Wildman–Crippen LogP) is 3.84. The first-order valence-electron chi connectivity index (χ1n) is 4.66. The molecular weight excluding hydrogens is 297 g/mol. The van der Waals surface area contributed by atoms with Crippen molar-refractivity contribution in [3.8, 4) is 0 Å². The highest BCUT2D eigenvalue weighted by molar-refractivity contribution is 7.99. The molecule has 0 saturated heterocycles. The van der Waals surface area contributed by atoms with Crippen molar-refractivity contribution < 1.29 is 4.92 Å². The second-order valence-electron chi connectivity index (χ2n) is 3.14. The largest absolute Gasteiger partial charge is 0.319 e. The molecule has 0 fully saturated rings. The summed E-state index contributed by atoms with van der Waals surface area (Å²) in [4.78, 5) is 18.5. The van der Waals surface area contributed by atoms with E-state index in [4.69, 9.17) is 23.2 Å². The van der Waals surface area contributed by atoms with Crippen molar-refractivity contribution in [3.63, 3.8) is 0 Å². The Labute approximate surface area is 116 Å². The second-order valence-corrected chi connectivity index (χ2v) is 4.98. The Morgan fingerprint density at radius 2 is 1.89 bits per heavy atom. The molecule has 1 aromatic carbocycles. The van der Waals surface area contributed by atoms with Gasteiger partial charge in [0.05, 0.1) is 4.92 Å². The first-order chi connectivity index (χ1) is 8.56. The highest BCUT2D eigenvalue weighted by Gasteiger charge is 2.17. The Kier molecular flexibility index (Phi) is 4.00. The maximum absolute atomic E-state index is 10.8. The van der Waals surface area contributed by atoms with E-state index in [0.29, 0.717) is 5.02 Å². The third-order valence-corrected chi connectivity index (χ3v) is 3.37. The summed E-state index contributed by atoms with van der Waals surface area (Å²) < 4.78 is 0. The van der Waals surface area contributed by atoms with Gasteiger partial charge in [0.15, 0.2) is 5.03 Å². The van der Waals surface area contributed by atoms with Crippen molar-refractivity contribution in [2.75, 3.05) is 0 Å². The van der Waals surface area contributed by atoms with Crippen molar-refractivity contribution in [1.29, 1.82) is 0 Å². The lowest BCUT2D eigenvalue weighted by atomic mass is 10.4. The highest BCUT2D eigenvalue weighted by Crippen LogP contribution is 2.33. The number of aromatic nitrogens is 2. The molecular formula is C10H5Cl2N3O2S. The molecule has 5 nitrogen and oxygen atoms in total. The molecule has 0 aliphatic rings. The number of hydrogen-bond donors (Lipinski definition) is 0. The lowest BCUT2D eigenvalue weighted by molar-refractivity contribution is -0.388. The van der Waals surface area contributed by atoms with Crippen molar-refractivity contribution in [3.05, 3.63) is 50.9 Å². The quantitative estimate of drug-likeness (QED) is 0.373. The van der Waals surface area contributed by atoms with E-state index in [0.717, 1.165) is 22.9 Å². The Bertz CT molecular complexity index is 592. The van der Waals surface area contributed by atoms with E-state index >= 15 is 0 Å². The van der Waals surface area contributed by atoms with Gasteiger partial charge in [-0.15, -0.1) is 0 Å². The van der Waals surface area contributed by atoms with Crippen LogP contribution in [-0.2, 0) is 0 Å². The number of rotatable bonds is 3. The van der Waals surface area contributed by atoms with E-state index in [-0.39, 0.29) is 16.0 Å². The zero-order valence-corrected chi connectivity index (χ0v) is 11.0. The molecule has 0 radical (unpaired) electrons. The van der Waals surface area contributed by atoms with E-state index in [2.05, 4.69) is 9.97 Å². The van der Waals surface area contributed by atoms with Crippen LogP contribution >= 0.6 is 35.0 Å². The van der Waals surface area contributed by atoms with Crippen LogP contribution < -0.4 is 0 Å². The molecule has 0 aliphatic carbocycles. The SMILES string of the molecule is O=[N+]([O-])c1cnc(Cl)nc1Sc1ccc(Cl)cc1. The minimum absolute atomic E-state index is 0.0305. The summed E-state index contributed by atoms with van der Waals surface area (Å²) in [5, 5.41) is 11.6. The summed E-state index contributed by atoms with van der Waals surface area (Å²) in [5.74, 6) is 0. The van der Waals surface area contributed by atoms with Gasteiger partial charge in [-0.05, 0) is 35.9 Å². The first-order valence-corrected chi connectivity index (χ1v) is 6.24. The van der Waals surface area contributed by atoms with E-state index in [9.17, 15) is 10.1 Å². The molecule has 0 amide bonds. The van der Waals surface area contributed by atoms with E-state index in [1.54, 1.807) is 24.3 Å². The first kappa shape index (κ1) is 13.1. The van der Waals surface area contributed by atoms with Crippen molar-refractivity contribution in [2.45, 2.75) is 9.92 Å². The smallest absolute Gasteiger partial charge is 0.258 e. The molecule has 0 unspecified atom stereocenters. The minimum Gasteiger partial charge on any atom is -0.258 e. The summed E-state index contributed by atoms with van der Waals surface area (Å²) in [5.41, 5.74) is -0.181. The second kappa shape index (κ2) is 5.51. The van der Waals surface area contributed by atoms with Gasteiger partial charge in [0.25, 0.3) is 0 Å². The molecule has 2 rings (SSSR count). The van der Waals surface area contributed by atoms with Gasteiger partial charge in [-0.2, -0.15) is 0 Å². The lowest BCUT2D eigenvalue weighted by Gasteiger charge is -2.02. The van der Waals surface area contributed by atoms with E-state index < -0.39 is 4.92 Å². The van der Waals surface area contributed by atoms with Crippen LogP contribution in [0.2, 0.25) is 10.3 Å². The van der Waals surface area contributed by atoms with Gasteiger partial charge in [-0.25, -0.2) is 9.97 Å². The summed E-state index contributed by atoms with van der Waals surface area (Å²) >= 11 is 12.5. The fourth-order valence-corrected chi connectivity index (χ4v) is 2.32. The number of nitrogens with zero attached hydrogens (tertiary/aromatic N) is 3. The molecule has 1 aromatic heterocycles. The third-order valence-electron chi connectivity index (χ3n) is 1.93. The molecule has 18 heavy (non-hydrogen) atoms. The molecule has 0 saturated carbocycles. The van der Waals surface area contributed by atoms with Crippen LogP contribution in [0, 0.1) is 10.1 Å². The minimum atomic E-state index is -0.547. The Morgan fingerprint density at radius 3 is 2.50 bits per heavy atom. The zero-order chi connectivity index (χ0) is 13.1. The fraction of sp³-hybridized carbons (Fsp3) is 0. The van der Waals surface area contributed by atoms with Crippen LogP contribution in [-0.4, -0.2) is 14.9 Å². The number of nitro groups is 1. The molecule has 2 aromatic rings. The number of halogens is 2. The maximum atomic E-state index is 10.8. The van der Waals surface area contributed by atoms with E-state index in [1.165, 1.54) is 0 Å². The van der Waals surface area contributed by atoms with Gasteiger partial charge in [0, 0.05) is 9.92 Å². The highest BCUT2D eigenvalue weighted by atomic mass is 35.5. The van der Waals surface area contributed by atoms with Gasteiger partial charge in [-0.1, -0.05) is 23.4 Å². The van der Waals surface area contributed by atoms with Gasteiger partial charge < -0.3 is 0 Å². The van der Waals surface area contributed by atoms with Crippen molar-refractivity contribution in [1.82, 2.24) is 9.97 Å². The van der Waals surface area contributed by atoms with Crippen LogP contribution in [0.25, 0.3) is 0 Å². The standard InChI is InChI=1S/C10H5Cl2N3O2S/c11-6-1-3-7(4-2-6)18-9-8(15(16)17)5-13-10(12)14-9/h1-5H. The average Bonchev–Trinajstić information content (AvgIpc) is 2.32. The van der Waals surface area contributed by atoms with E-state index in [1.807, 2.05) is 0 Å². The Morgan fingerprint density at radius 1 is 1.22 bits per heavy atom. The van der Waals surface area contributed by atoms with Gasteiger partial charge in [-0.3, -0.25) is 10.1 Å². The third kappa shape index (κ3) is 3.10. The molecule has 0 spiro atoms. The van der Waals surface area contributed by atoms with Crippen LogP contribution in [0.1, 0.15) is 0 Å². The van der Waals surface area contributed by atoms with Crippen molar-refractivity contribution >= 4 is 40.7 Å². The molecule has 0 atom stereocenters. The van der Waals surface area contributed by atoms with Gasteiger partial charge >= 0.3 is 5.69 Å². The van der Waals surface area contributed by atoms with Gasteiger partial charge in [0.2, 0.25) is 5.28 Å². The molecule has 0 bridgehead atoms. The number of benzene rings is 1. The summed E-state index contributed by atoms with van der Waals surface area (Å²) in [6.45, 7) is 0. The molecule has 8 heteroatoms. The summed E-state index contributed by atoms with van der Waals surface area (Å²) in [7, 11) is 0. The summed E-state index contributed by atoms with van der Waals surface area (Å²) in [6.07, 6.45) is 1.09. The fourth-order valence-electron chi connectivity index (χ4n) is 1.15. The molecule has 1 heterocycles. The topological polar surface area (TPSA) is 68.9 Å². The lowest BCUT2D eigenvalue weighted by Crippen LogP contribution is -1.95. The molecule has 0 aliphatic heterocycles. The van der Waals surface area contributed by atoms with Crippen LogP contribution in [0.3, 0.4) is 0 Å². The Balaban J connectivity index is 2.35. The average molecular weight is 302 g/mol. The molecule has 0 N–H and O–H groups in total. The van der Waals surface area contributed by atoms with Crippen LogP contribution in [0.4, 0.5) is 5.69 Å². The van der Waals surface area contributed by atoms with Gasteiger partial charge in [0.1, 0.15) is 6.20 Å². The van der Waals surface area contributed by atoms with Crippen LogP contribution in [0.5, 0.6) is 0 Å². The molecule has 92 valence electrons. The van der Waals surface area contributed by atoms with Crippen LogP contribution in [0.15, 0.2) is 40.4 Å². The maximum Gasteiger partial charge on any atom is 0.319 e.